The van der Waals surface area contributed by atoms with Gasteiger partial charge in [-0.25, -0.2) is 4.98 Å². The highest BCUT2D eigenvalue weighted by Gasteiger charge is 2.18. The van der Waals surface area contributed by atoms with E-state index in [2.05, 4.69) is 20.5 Å². The number of nitrogens with zero attached hydrogens (tertiary/aromatic N) is 3. The number of aromatic nitrogens is 3. The van der Waals surface area contributed by atoms with Crippen LogP contribution in [0.5, 0.6) is 0 Å². The Morgan fingerprint density at radius 3 is 2.74 bits per heavy atom. The van der Waals surface area contributed by atoms with Crippen molar-refractivity contribution in [1.82, 2.24) is 15.2 Å². The van der Waals surface area contributed by atoms with Crippen molar-refractivity contribution in [3.8, 4) is 11.3 Å². The van der Waals surface area contributed by atoms with Gasteiger partial charge in [-0.15, -0.1) is 21.5 Å². The number of anilines is 1. The molecule has 2 aromatic heterocycles. The molecular formula is C15H14N4OS3. The van der Waals surface area contributed by atoms with Crippen LogP contribution in [0.2, 0.25) is 0 Å². The Morgan fingerprint density at radius 1 is 1.26 bits per heavy atom. The van der Waals surface area contributed by atoms with E-state index in [1.54, 1.807) is 0 Å². The summed E-state index contributed by atoms with van der Waals surface area (Å²) in [6.45, 7) is 3.75. The van der Waals surface area contributed by atoms with Crippen molar-refractivity contribution in [2.24, 2.45) is 0 Å². The minimum Gasteiger partial charge on any atom is -0.301 e. The van der Waals surface area contributed by atoms with Gasteiger partial charge in [-0.1, -0.05) is 53.4 Å². The maximum atomic E-state index is 12.3. The fraction of sp³-hybridized carbons (Fsp3) is 0.200. The molecule has 1 aromatic carbocycles. The lowest BCUT2D eigenvalue weighted by atomic mass is 10.2. The Bertz CT molecular complexity index is 800. The molecule has 1 N–H and O–H groups in total. The van der Waals surface area contributed by atoms with Crippen molar-refractivity contribution in [2.45, 2.75) is 23.4 Å². The third-order valence-corrected chi connectivity index (χ3v) is 5.74. The Balaban J connectivity index is 1.63. The zero-order valence-electron chi connectivity index (χ0n) is 12.5. The molecule has 8 heteroatoms. The molecule has 2 heterocycles. The highest BCUT2D eigenvalue weighted by molar-refractivity contribution is 8.02. The largest absolute Gasteiger partial charge is 0.301 e. The van der Waals surface area contributed by atoms with Crippen LogP contribution in [0.25, 0.3) is 11.3 Å². The van der Waals surface area contributed by atoms with Crippen LogP contribution in [-0.2, 0) is 4.79 Å². The molecule has 1 atom stereocenters. The molecule has 23 heavy (non-hydrogen) atoms. The maximum Gasteiger partial charge on any atom is 0.239 e. The highest BCUT2D eigenvalue weighted by atomic mass is 32.2. The molecule has 118 valence electrons. The summed E-state index contributed by atoms with van der Waals surface area (Å²) >= 11 is 4.32. The number of carbonyl (C=O) groups excluding carboxylic acids is 1. The smallest absolute Gasteiger partial charge is 0.239 e. The average molecular weight is 363 g/mol. The third kappa shape index (κ3) is 4.15. The fourth-order valence-electron chi connectivity index (χ4n) is 1.81. The summed E-state index contributed by atoms with van der Waals surface area (Å²) in [7, 11) is 0. The van der Waals surface area contributed by atoms with Crippen LogP contribution in [0.1, 0.15) is 11.9 Å². The van der Waals surface area contributed by atoms with E-state index in [0.717, 1.165) is 20.6 Å². The molecule has 0 aliphatic heterocycles. The first-order valence-electron chi connectivity index (χ1n) is 6.90. The molecule has 0 unspecified atom stereocenters. The van der Waals surface area contributed by atoms with E-state index < -0.39 is 0 Å². The van der Waals surface area contributed by atoms with Crippen LogP contribution in [-0.4, -0.2) is 26.3 Å². The first kappa shape index (κ1) is 16.1. The van der Waals surface area contributed by atoms with Crippen molar-refractivity contribution in [1.29, 1.82) is 0 Å². The monoisotopic (exact) mass is 362 g/mol. The van der Waals surface area contributed by atoms with Gasteiger partial charge in [0.1, 0.15) is 5.01 Å². The van der Waals surface area contributed by atoms with Gasteiger partial charge in [0.25, 0.3) is 0 Å². The van der Waals surface area contributed by atoms with E-state index in [1.807, 2.05) is 49.6 Å². The van der Waals surface area contributed by atoms with Crippen LogP contribution < -0.4 is 5.32 Å². The average Bonchev–Trinajstić information content (AvgIpc) is 3.17. The lowest BCUT2D eigenvalue weighted by Crippen LogP contribution is -2.22. The number of nitrogens with one attached hydrogen (secondary N) is 1. The summed E-state index contributed by atoms with van der Waals surface area (Å²) in [5.74, 6) is -0.0863. The van der Waals surface area contributed by atoms with Crippen molar-refractivity contribution in [2.75, 3.05) is 5.32 Å². The van der Waals surface area contributed by atoms with E-state index in [1.165, 1.54) is 34.4 Å². The van der Waals surface area contributed by atoms with Crippen LogP contribution in [0.15, 0.2) is 40.1 Å². The Labute approximate surface area is 146 Å². The number of thiazole rings is 1. The van der Waals surface area contributed by atoms with Crippen molar-refractivity contribution in [3.05, 3.63) is 40.7 Å². The number of hydrogen-bond acceptors (Lipinski definition) is 7. The standard InChI is InChI=1S/C15H14N4OS3/c1-9(22-15-19-18-10(2)23-15)13(20)17-14-16-12(8-21-14)11-6-4-3-5-7-11/h3-9H,1-2H3,(H,16,17,20)/t9-/m0/s1. The molecule has 0 saturated carbocycles. The molecule has 1 amide bonds. The molecule has 0 aliphatic carbocycles. The van der Waals surface area contributed by atoms with Gasteiger partial charge < -0.3 is 5.32 Å². The first-order valence-corrected chi connectivity index (χ1v) is 9.48. The molecule has 5 nitrogen and oxygen atoms in total. The second-order valence-electron chi connectivity index (χ2n) is 4.74. The summed E-state index contributed by atoms with van der Waals surface area (Å²) < 4.78 is 0.800. The Morgan fingerprint density at radius 2 is 2.04 bits per heavy atom. The number of amides is 1. The van der Waals surface area contributed by atoms with Crippen molar-refractivity contribution in [3.63, 3.8) is 0 Å². The quantitative estimate of drug-likeness (QED) is 0.693. The molecule has 3 aromatic rings. The summed E-state index contributed by atoms with van der Waals surface area (Å²) in [5, 5.41) is 14.0. The summed E-state index contributed by atoms with van der Waals surface area (Å²) in [5.41, 5.74) is 1.90. The summed E-state index contributed by atoms with van der Waals surface area (Å²) in [4.78, 5) is 16.7. The molecule has 0 saturated heterocycles. The normalized spacial score (nSPS) is 12.1. The first-order chi connectivity index (χ1) is 11.1. The van der Waals surface area contributed by atoms with E-state index in [0.29, 0.717) is 5.13 Å². The number of benzene rings is 1. The lowest BCUT2D eigenvalue weighted by Gasteiger charge is -2.07. The Hall–Kier alpha value is -1.77. The minimum atomic E-state index is -0.258. The van der Waals surface area contributed by atoms with Gasteiger partial charge in [0.05, 0.1) is 10.9 Å². The number of thioether (sulfide) groups is 1. The molecule has 0 radical (unpaired) electrons. The number of carbonyl (C=O) groups is 1. The predicted molar refractivity (Wildman–Crippen MR) is 96.1 cm³/mol. The molecule has 0 bridgehead atoms. The van der Waals surface area contributed by atoms with E-state index in [9.17, 15) is 4.79 Å². The van der Waals surface area contributed by atoms with Gasteiger partial charge in [0, 0.05) is 10.9 Å². The van der Waals surface area contributed by atoms with Crippen molar-refractivity contribution < 1.29 is 4.79 Å². The number of aryl methyl sites for hydroxylation is 1. The summed E-state index contributed by atoms with van der Waals surface area (Å²) in [6, 6.07) is 9.89. The Kier molecular flexibility index (Phi) is 5.04. The molecular weight excluding hydrogens is 348 g/mol. The summed E-state index contributed by atoms with van der Waals surface area (Å²) in [6.07, 6.45) is 0. The molecule has 0 fully saturated rings. The van der Waals surface area contributed by atoms with Gasteiger partial charge >= 0.3 is 0 Å². The van der Waals surface area contributed by atoms with Crippen LogP contribution in [0.3, 0.4) is 0 Å². The van der Waals surface area contributed by atoms with Crippen molar-refractivity contribution >= 4 is 45.5 Å². The van der Waals surface area contributed by atoms with Gasteiger partial charge in [0.2, 0.25) is 5.91 Å². The SMILES string of the molecule is Cc1nnc(S[C@@H](C)C(=O)Nc2nc(-c3ccccc3)cs2)s1. The third-order valence-electron chi connectivity index (χ3n) is 2.96. The minimum absolute atomic E-state index is 0.0863. The van der Waals surface area contributed by atoms with Crippen LogP contribution in [0, 0.1) is 6.92 Å². The highest BCUT2D eigenvalue weighted by Crippen LogP contribution is 2.28. The van der Waals surface area contributed by atoms with Gasteiger partial charge in [0.15, 0.2) is 9.47 Å². The van der Waals surface area contributed by atoms with Gasteiger partial charge in [-0.2, -0.15) is 0 Å². The number of rotatable bonds is 5. The second-order valence-corrected chi connectivity index (χ2v) is 8.37. The van der Waals surface area contributed by atoms with E-state index in [-0.39, 0.29) is 11.2 Å². The van der Waals surface area contributed by atoms with Crippen LogP contribution in [0.4, 0.5) is 5.13 Å². The zero-order valence-corrected chi connectivity index (χ0v) is 15.0. The maximum absolute atomic E-state index is 12.3. The lowest BCUT2D eigenvalue weighted by molar-refractivity contribution is -0.115. The number of hydrogen-bond donors (Lipinski definition) is 1. The predicted octanol–water partition coefficient (Wildman–Crippen LogP) is 4.09. The van der Waals surface area contributed by atoms with Gasteiger partial charge in [-0.3, -0.25) is 4.79 Å². The topological polar surface area (TPSA) is 67.8 Å². The second kappa shape index (κ2) is 7.20. The molecule has 0 spiro atoms. The van der Waals surface area contributed by atoms with Gasteiger partial charge in [-0.05, 0) is 13.8 Å². The van der Waals surface area contributed by atoms with E-state index in [4.69, 9.17) is 0 Å². The van der Waals surface area contributed by atoms with E-state index >= 15 is 0 Å². The fourth-order valence-corrected chi connectivity index (χ4v) is 4.49. The van der Waals surface area contributed by atoms with Crippen LogP contribution >= 0.6 is 34.4 Å². The molecule has 3 rings (SSSR count). The molecule has 0 aliphatic rings. The zero-order chi connectivity index (χ0) is 16.2.